The summed E-state index contributed by atoms with van der Waals surface area (Å²) in [5.41, 5.74) is 1.06. The van der Waals surface area contributed by atoms with Gasteiger partial charge in [-0.15, -0.1) is 0 Å². The van der Waals surface area contributed by atoms with E-state index in [0.717, 1.165) is 36.0 Å². The summed E-state index contributed by atoms with van der Waals surface area (Å²) >= 11 is 0. The number of para-hydroxylation sites is 2. The van der Waals surface area contributed by atoms with Crippen molar-refractivity contribution in [1.29, 1.82) is 0 Å². The number of rotatable bonds is 7. The number of nitrogens with one attached hydrogen (secondary N) is 1. The van der Waals surface area contributed by atoms with Crippen molar-refractivity contribution in [3.63, 3.8) is 0 Å². The van der Waals surface area contributed by atoms with Crippen LogP contribution in [0.1, 0.15) is 18.4 Å². The minimum atomic E-state index is 0.715. The molecule has 0 aliphatic heterocycles. The molecule has 1 aromatic carbocycles. The predicted molar refractivity (Wildman–Crippen MR) is 81.2 cm³/mol. The molecule has 2 rings (SSSR count). The van der Waals surface area contributed by atoms with E-state index in [0.29, 0.717) is 6.54 Å². The van der Waals surface area contributed by atoms with Crippen molar-refractivity contribution in [2.45, 2.75) is 20.0 Å². The number of hydrogen-bond acceptors (Lipinski definition) is 4. The molecular formula is C16H22N2O2. The zero-order valence-corrected chi connectivity index (χ0v) is 12.3. The lowest BCUT2D eigenvalue weighted by molar-refractivity contribution is 0.413. The number of anilines is 1. The smallest absolute Gasteiger partial charge is 0.142 e. The fourth-order valence-electron chi connectivity index (χ4n) is 2.11. The number of nitrogens with zero attached hydrogens (tertiary/aromatic N) is 1. The topological polar surface area (TPSA) is 37.6 Å². The van der Waals surface area contributed by atoms with Crippen molar-refractivity contribution in [1.82, 2.24) is 5.32 Å². The molecule has 0 amide bonds. The average Bonchev–Trinajstić information content (AvgIpc) is 2.92. The third kappa shape index (κ3) is 3.54. The summed E-state index contributed by atoms with van der Waals surface area (Å²) in [5.74, 6) is 2.79. The zero-order valence-electron chi connectivity index (χ0n) is 12.3. The molecule has 1 N–H and O–H groups in total. The third-order valence-electron chi connectivity index (χ3n) is 3.16. The standard InChI is InChI=1S/C16H22N2O2/c1-4-17-11-13-9-10-14(20-13)12-18(2)15-7-5-6-8-16(15)19-3/h5-10,17H,4,11-12H2,1-3H3. The molecule has 0 unspecified atom stereocenters. The van der Waals surface area contributed by atoms with Crippen LogP contribution in [0.2, 0.25) is 0 Å². The second-order valence-corrected chi connectivity index (χ2v) is 4.68. The Morgan fingerprint density at radius 3 is 2.65 bits per heavy atom. The molecule has 108 valence electrons. The van der Waals surface area contributed by atoms with Crippen LogP contribution in [0.15, 0.2) is 40.8 Å². The van der Waals surface area contributed by atoms with E-state index >= 15 is 0 Å². The van der Waals surface area contributed by atoms with Crippen LogP contribution < -0.4 is 15.0 Å². The molecule has 4 heteroatoms. The molecule has 0 bridgehead atoms. The Balaban J connectivity index is 2.03. The second kappa shape index (κ2) is 7.01. The first-order chi connectivity index (χ1) is 9.74. The molecule has 2 aromatic rings. The zero-order chi connectivity index (χ0) is 14.4. The largest absolute Gasteiger partial charge is 0.495 e. The number of furan rings is 1. The van der Waals surface area contributed by atoms with Gasteiger partial charge in [0.1, 0.15) is 17.3 Å². The molecule has 0 saturated carbocycles. The molecule has 20 heavy (non-hydrogen) atoms. The van der Waals surface area contributed by atoms with Gasteiger partial charge in [-0.1, -0.05) is 19.1 Å². The third-order valence-corrected chi connectivity index (χ3v) is 3.16. The lowest BCUT2D eigenvalue weighted by Gasteiger charge is -2.20. The van der Waals surface area contributed by atoms with Gasteiger partial charge in [-0.05, 0) is 30.8 Å². The van der Waals surface area contributed by atoms with E-state index in [-0.39, 0.29) is 0 Å². The maximum Gasteiger partial charge on any atom is 0.142 e. The molecule has 0 atom stereocenters. The minimum Gasteiger partial charge on any atom is -0.495 e. The molecule has 0 aliphatic rings. The summed E-state index contributed by atoms with van der Waals surface area (Å²) in [5, 5.41) is 3.25. The summed E-state index contributed by atoms with van der Waals surface area (Å²) < 4.78 is 11.2. The molecule has 0 fully saturated rings. The van der Waals surface area contributed by atoms with Gasteiger partial charge in [0.2, 0.25) is 0 Å². The molecule has 0 spiro atoms. The van der Waals surface area contributed by atoms with Crippen molar-refractivity contribution in [3.8, 4) is 5.75 Å². The van der Waals surface area contributed by atoms with Crippen LogP contribution in [-0.4, -0.2) is 20.7 Å². The van der Waals surface area contributed by atoms with E-state index in [9.17, 15) is 0 Å². The predicted octanol–water partition coefficient (Wildman–Crippen LogP) is 3.03. The van der Waals surface area contributed by atoms with Gasteiger partial charge in [0.05, 0.1) is 25.9 Å². The van der Waals surface area contributed by atoms with Gasteiger partial charge in [0.15, 0.2) is 0 Å². The maximum atomic E-state index is 5.81. The summed E-state index contributed by atoms with van der Waals surface area (Å²) in [6, 6.07) is 12.0. The van der Waals surface area contributed by atoms with Crippen LogP contribution in [0, 0.1) is 0 Å². The highest BCUT2D eigenvalue weighted by atomic mass is 16.5. The van der Waals surface area contributed by atoms with Crippen molar-refractivity contribution in [3.05, 3.63) is 47.9 Å². The Hall–Kier alpha value is -1.94. The lowest BCUT2D eigenvalue weighted by atomic mass is 10.2. The van der Waals surface area contributed by atoms with Gasteiger partial charge >= 0.3 is 0 Å². The van der Waals surface area contributed by atoms with Crippen LogP contribution in [0.5, 0.6) is 5.75 Å². The highest BCUT2D eigenvalue weighted by Gasteiger charge is 2.10. The SMILES string of the molecule is CCNCc1ccc(CN(C)c2ccccc2OC)o1. The first-order valence-corrected chi connectivity index (χ1v) is 6.87. The summed E-state index contributed by atoms with van der Waals surface area (Å²) in [4.78, 5) is 2.12. The minimum absolute atomic E-state index is 0.715. The van der Waals surface area contributed by atoms with Gasteiger partial charge in [-0.2, -0.15) is 0 Å². The monoisotopic (exact) mass is 274 g/mol. The van der Waals surface area contributed by atoms with E-state index in [1.807, 2.05) is 43.4 Å². The molecular weight excluding hydrogens is 252 g/mol. The van der Waals surface area contributed by atoms with Crippen LogP contribution >= 0.6 is 0 Å². The van der Waals surface area contributed by atoms with Gasteiger partial charge in [0, 0.05) is 7.05 Å². The fourth-order valence-corrected chi connectivity index (χ4v) is 2.11. The highest BCUT2D eigenvalue weighted by molar-refractivity contribution is 5.57. The van der Waals surface area contributed by atoms with Gasteiger partial charge in [-0.3, -0.25) is 0 Å². The summed E-state index contributed by atoms with van der Waals surface area (Å²) in [6.07, 6.45) is 0. The van der Waals surface area contributed by atoms with Crippen molar-refractivity contribution >= 4 is 5.69 Å². The second-order valence-electron chi connectivity index (χ2n) is 4.68. The number of benzene rings is 1. The fraction of sp³-hybridized carbons (Fsp3) is 0.375. The summed E-state index contributed by atoms with van der Waals surface area (Å²) in [7, 11) is 3.72. The summed E-state index contributed by atoms with van der Waals surface area (Å²) in [6.45, 7) is 4.51. The first-order valence-electron chi connectivity index (χ1n) is 6.87. The van der Waals surface area contributed by atoms with E-state index in [1.54, 1.807) is 7.11 Å². The first kappa shape index (κ1) is 14.5. The van der Waals surface area contributed by atoms with Gasteiger partial charge in [-0.25, -0.2) is 0 Å². The highest BCUT2D eigenvalue weighted by Crippen LogP contribution is 2.27. The molecule has 0 radical (unpaired) electrons. The van der Waals surface area contributed by atoms with Crippen LogP contribution in [-0.2, 0) is 13.1 Å². The van der Waals surface area contributed by atoms with Gasteiger partial charge < -0.3 is 19.4 Å². The molecule has 0 aliphatic carbocycles. The number of methoxy groups -OCH3 is 1. The Morgan fingerprint density at radius 1 is 1.15 bits per heavy atom. The van der Waals surface area contributed by atoms with Crippen LogP contribution in [0.25, 0.3) is 0 Å². The molecule has 1 aromatic heterocycles. The van der Waals surface area contributed by atoms with Crippen molar-refractivity contribution in [2.24, 2.45) is 0 Å². The van der Waals surface area contributed by atoms with Crippen molar-refractivity contribution < 1.29 is 9.15 Å². The number of hydrogen-bond donors (Lipinski definition) is 1. The average molecular weight is 274 g/mol. The normalized spacial score (nSPS) is 10.6. The Bertz CT molecular complexity index is 537. The number of ether oxygens (including phenoxy) is 1. The lowest BCUT2D eigenvalue weighted by Crippen LogP contribution is -2.16. The molecule has 1 heterocycles. The molecule has 0 saturated heterocycles. The Kier molecular flexibility index (Phi) is 5.07. The van der Waals surface area contributed by atoms with E-state index in [1.165, 1.54) is 0 Å². The van der Waals surface area contributed by atoms with Crippen LogP contribution in [0.4, 0.5) is 5.69 Å². The van der Waals surface area contributed by atoms with E-state index < -0.39 is 0 Å². The van der Waals surface area contributed by atoms with Gasteiger partial charge in [0.25, 0.3) is 0 Å². The maximum absolute atomic E-state index is 5.81. The van der Waals surface area contributed by atoms with Crippen LogP contribution in [0.3, 0.4) is 0 Å². The van der Waals surface area contributed by atoms with E-state index in [2.05, 4.69) is 17.1 Å². The Labute approximate surface area is 120 Å². The Morgan fingerprint density at radius 2 is 1.90 bits per heavy atom. The quantitative estimate of drug-likeness (QED) is 0.842. The van der Waals surface area contributed by atoms with E-state index in [4.69, 9.17) is 9.15 Å². The molecule has 4 nitrogen and oxygen atoms in total. The van der Waals surface area contributed by atoms with Crippen molar-refractivity contribution in [2.75, 3.05) is 25.6 Å².